The Morgan fingerprint density at radius 2 is 2.24 bits per heavy atom. The van der Waals surface area contributed by atoms with Gasteiger partial charge in [-0.05, 0) is 26.2 Å². The maximum atomic E-state index is 11.5. The van der Waals surface area contributed by atoms with E-state index < -0.39 is 9.84 Å². The van der Waals surface area contributed by atoms with Gasteiger partial charge in [0.15, 0.2) is 9.84 Å². The Bertz CT molecular complexity index is 533. The largest absolute Gasteiger partial charge is 0.332 e. The normalized spacial score (nSPS) is 31.4. The molecule has 1 saturated heterocycles. The lowest BCUT2D eigenvalue weighted by Gasteiger charge is -2.20. The summed E-state index contributed by atoms with van der Waals surface area (Å²) >= 11 is 0. The maximum Gasteiger partial charge on any atom is 0.151 e. The summed E-state index contributed by atoms with van der Waals surface area (Å²) in [4.78, 5) is 4.65. The van der Waals surface area contributed by atoms with Gasteiger partial charge in [-0.2, -0.15) is 0 Å². The summed E-state index contributed by atoms with van der Waals surface area (Å²) in [5.41, 5.74) is 0.995. The molecule has 1 aromatic rings. The summed E-state index contributed by atoms with van der Waals surface area (Å²) in [6, 6.07) is 0.512. The van der Waals surface area contributed by atoms with Gasteiger partial charge in [0.05, 0.1) is 17.2 Å². The molecule has 2 unspecified atom stereocenters. The molecule has 1 fully saturated rings. The zero-order valence-electron chi connectivity index (χ0n) is 10.1. The smallest absolute Gasteiger partial charge is 0.151 e. The molecule has 0 aromatic carbocycles. The van der Waals surface area contributed by atoms with Gasteiger partial charge in [-0.1, -0.05) is 0 Å². The van der Waals surface area contributed by atoms with E-state index in [1.165, 1.54) is 12.8 Å². The Balaban J connectivity index is 1.90. The predicted octanol–water partition coefficient (Wildman–Crippen LogP) is 1.68. The molecular weight excluding hydrogens is 236 g/mol. The standard InChI is InChI=1S/C12H18N2O2S/c1-9-3-2-4-12-13-11(7-14(9)12)10-5-6-17(15,16)8-10/h7,9-10H,2-6,8H2,1H3. The van der Waals surface area contributed by atoms with E-state index in [1.807, 2.05) is 0 Å². The molecule has 3 heterocycles. The van der Waals surface area contributed by atoms with Gasteiger partial charge in [-0.3, -0.25) is 0 Å². The number of hydrogen-bond acceptors (Lipinski definition) is 3. The van der Waals surface area contributed by atoms with E-state index >= 15 is 0 Å². The first-order chi connectivity index (χ1) is 8.05. The molecule has 17 heavy (non-hydrogen) atoms. The van der Waals surface area contributed by atoms with E-state index in [4.69, 9.17) is 0 Å². The third-order valence-electron chi connectivity index (χ3n) is 3.98. The van der Waals surface area contributed by atoms with Crippen molar-refractivity contribution in [3.63, 3.8) is 0 Å². The van der Waals surface area contributed by atoms with Gasteiger partial charge >= 0.3 is 0 Å². The number of hydrogen-bond donors (Lipinski definition) is 0. The summed E-state index contributed by atoms with van der Waals surface area (Å²) in [6.07, 6.45) is 6.26. The van der Waals surface area contributed by atoms with Crippen molar-refractivity contribution in [2.24, 2.45) is 0 Å². The summed E-state index contributed by atoms with van der Waals surface area (Å²) < 4.78 is 25.2. The lowest BCUT2D eigenvalue weighted by atomic mass is 10.1. The first-order valence-corrected chi connectivity index (χ1v) is 8.15. The molecule has 4 nitrogen and oxygen atoms in total. The molecular formula is C12H18N2O2S. The van der Waals surface area contributed by atoms with Gasteiger partial charge in [0.1, 0.15) is 5.82 Å². The van der Waals surface area contributed by atoms with Gasteiger partial charge in [0, 0.05) is 24.6 Å². The highest BCUT2D eigenvalue weighted by molar-refractivity contribution is 7.91. The van der Waals surface area contributed by atoms with Crippen molar-refractivity contribution >= 4 is 9.84 Å². The number of imidazole rings is 1. The number of fused-ring (bicyclic) bond motifs is 1. The van der Waals surface area contributed by atoms with E-state index in [0.717, 1.165) is 24.4 Å². The first-order valence-electron chi connectivity index (χ1n) is 6.33. The van der Waals surface area contributed by atoms with E-state index in [9.17, 15) is 8.42 Å². The highest BCUT2D eigenvalue weighted by atomic mass is 32.2. The number of aromatic nitrogens is 2. The average molecular weight is 254 g/mol. The maximum absolute atomic E-state index is 11.5. The fourth-order valence-electron chi connectivity index (χ4n) is 2.94. The van der Waals surface area contributed by atoms with Crippen LogP contribution in [0.5, 0.6) is 0 Å². The molecule has 2 atom stereocenters. The van der Waals surface area contributed by atoms with Crippen LogP contribution in [0.25, 0.3) is 0 Å². The average Bonchev–Trinajstić information content (AvgIpc) is 2.82. The minimum absolute atomic E-state index is 0.130. The van der Waals surface area contributed by atoms with Crippen LogP contribution in [0.1, 0.15) is 49.7 Å². The molecule has 1 aromatic heterocycles. The minimum Gasteiger partial charge on any atom is -0.332 e. The topological polar surface area (TPSA) is 52.0 Å². The van der Waals surface area contributed by atoms with Crippen LogP contribution in [0, 0.1) is 0 Å². The van der Waals surface area contributed by atoms with Gasteiger partial charge in [-0.25, -0.2) is 13.4 Å². The Morgan fingerprint density at radius 1 is 1.41 bits per heavy atom. The molecule has 0 amide bonds. The summed E-state index contributed by atoms with van der Waals surface area (Å²) in [5, 5.41) is 0. The van der Waals surface area contributed by atoms with Crippen LogP contribution in [-0.2, 0) is 16.3 Å². The Kier molecular flexibility index (Phi) is 2.54. The zero-order valence-corrected chi connectivity index (χ0v) is 10.9. The third-order valence-corrected chi connectivity index (χ3v) is 5.74. The molecule has 0 aliphatic carbocycles. The Labute approximate surface area is 102 Å². The predicted molar refractivity (Wildman–Crippen MR) is 65.9 cm³/mol. The number of rotatable bonds is 1. The second-order valence-electron chi connectivity index (χ2n) is 5.33. The van der Waals surface area contributed by atoms with Gasteiger partial charge in [-0.15, -0.1) is 0 Å². The van der Waals surface area contributed by atoms with Crippen LogP contribution in [0.3, 0.4) is 0 Å². The molecule has 5 heteroatoms. The minimum atomic E-state index is -2.81. The fourth-order valence-corrected chi connectivity index (χ4v) is 4.70. The van der Waals surface area contributed by atoms with Gasteiger partial charge in [0.25, 0.3) is 0 Å². The molecule has 2 aliphatic heterocycles. The second kappa shape index (κ2) is 3.83. The fraction of sp³-hybridized carbons (Fsp3) is 0.750. The van der Waals surface area contributed by atoms with Crippen molar-refractivity contribution in [1.82, 2.24) is 9.55 Å². The van der Waals surface area contributed by atoms with Crippen molar-refractivity contribution in [3.8, 4) is 0 Å². The SMILES string of the molecule is CC1CCCc2nc(C3CCS(=O)(=O)C3)cn21. The number of nitrogens with zero attached hydrogens (tertiary/aromatic N) is 2. The first kappa shape index (κ1) is 11.3. The van der Waals surface area contributed by atoms with Crippen molar-refractivity contribution in [3.05, 3.63) is 17.7 Å². The molecule has 2 aliphatic rings. The Hall–Kier alpha value is -0.840. The second-order valence-corrected chi connectivity index (χ2v) is 7.56. The van der Waals surface area contributed by atoms with E-state index in [0.29, 0.717) is 11.8 Å². The lowest BCUT2D eigenvalue weighted by Crippen LogP contribution is -2.14. The zero-order chi connectivity index (χ0) is 12.0. The van der Waals surface area contributed by atoms with Crippen molar-refractivity contribution in [2.75, 3.05) is 11.5 Å². The molecule has 94 valence electrons. The van der Waals surface area contributed by atoms with Crippen molar-refractivity contribution in [2.45, 2.75) is 44.6 Å². The van der Waals surface area contributed by atoms with Gasteiger partial charge < -0.3 is 4.57 Å². The summed E-state index contributed by atoms with van der Waals surface area (Å²) in [7, 11) is -2.81. The van der Waals surface area contributed by atoms with Crippen LogP contribution in [0.15, 0.2) is 6.20 Å². The van der Waals surface area contributed by atoms with Crippen molar-refractivity contribution < 1.29 is 8.42 Å². The van der Waals surface area contributed by atoms with Crippen LogP contribution in [-0.4, -0.2) is 29.5 Å². The summed E-state index contributed by atoms with van der Waals surface area (Å²) in [6.45, 7) is 2.21. The lowest BCUT2D eigenvalue weighted by molar-refractivity contribution is 0.425. The Morgan fingerprint density at radius 3 is 2.88 bits per heavy atom. The monoisotopic (exact) mass is 254 g/mol. The molecule has 0 radical (unpaired) electrons. The van der Waals surface area contributed by atoms with E-state index in [-0.39, 0.29) is 11.7 Å². The van der Waals surface area contributed by atoms with Crippen LogP contribution in [0.2, 0.25) is 0 Å². The van der Waals surface area contributed by atoms with Crippen molar-refractivity contribution in [1.29, 1.82) is 0 Å². The van der Waals surface area contributed by atoms with E-state index in [2.05, 4.69) is 22.7 Å². The molecule has 0 N–H and O–H groups in total. The highest BCUT2D eigenvalue weighted by Gasteiger charge is 2.31. The number of sulfone groups is 1. The van der Waals surface area contributed by atoms with Crippen LogP contribution in [0.4, 0.5) is 0 Å². The number of aryl methyl sites for hydroxylation is 1. The van der Waals surface area contributed by atoms with E-state index in [1.54, 1.807) is 0 Å². The molecule has 0 spiro atoms. The van der Waals surface area contributed by atoms with Crippen LogP contribution >= 0.6 is 0 Å². The molecule has 3 rings (SSSR count). The van der Waals surface area contributed by atoms with Gasteiger partial charge in [0.2, 0.25) is 0 Å². The third kappa shape index (κ3) is 2.01. The summed E-state index contributed by atoms with van der Waals surface area (Å²) in [5.74, 6) is 1.89. The quantitative estimate of drug-likeness (QED) is 0.766. The molecule has 0 saturated carbocycles. The molecule has 0 bridgehead atoms. The van der Waals surface area contributed by atoms with Crippen LogP contribution < -0.4 is 0 Å². The highest BCUT2D eigenvalue weighted by Crippen LogP contribution is 2.31.